The largest absolute Gasteiger partial charge is 0.368 e. The van der Waals surface area contributed by atoms with Crippen molar-refractivity contribution in [2.24, 2.45) is 0 Å². The molecule has 2 heterocycles. The Kier molecular flexibility index (Phi) is 4.23. The highest BCUT2D eigenvalue weighted by Crippen LogP contribution is 2.44. The summed E-state index contributed by atoms with van der Waals surface area (Å²) in [5.74, 6) is 0.304. The Hall–Kier alpha value is -2.34. The molecule has 2 amide bonds. The van der Waals surface area contributed by atoms with Crippen LogP contribution in [0.4, 0.5) is 16.4 Å². The minimum absolute atomic E-state index is 0.114. The SMILES string of the molecule is Cc1cccc(Cl)c1NC(=O)N1CCCC2(CCc3cnc(N)nc32)C1. The van der Waals surface area contributed by atoms with E-state index in [1.54, 1.807) is 6.07 Å². The van der Waals surface area contributed by atoms with Crippen molar-refractivity contribution in [3.63, 3.8) is 0 Å². The van der Waals surface area contributed by atoms with Crippen molar-refractivity contribution in [1.82, 2.24) is 14.9 Å². The van der Waals surface area contributed by atoms with Gasteiger partial charge in [-0.2, -0.15) is 0 Å². The number of hydrogen-bond acceptors (Lipinski definition) is 4. The lowest BCUT2D eigenvalue weighted by Gasteiger charge is -2.40. The molecule has 2 aliphatic rings. The van der Waals surface area contributed by atoms with E-state index >= 15 is 0 Å². The number of hydrogen-bond donors (Lipinski definition) is 2. The maximum Gasteiger partial charge on any atom is 0.321 e. The van der Waals surface area contributed by atoms with Crippen LogP contribution < -0.4 is 11.1 Å². The number of urea groups is 1. The number of fused-ring (bicyclic) bond motifs is 2. The molecule has 4 rings (SSSR count). The highest BCUT2D eigenvalue weighted by molar-refractivity contribution is 6.33. The number of aromatic nitrogens is 2. The summed E-state index contributed by atoms with van der Waals surface area (Å²) in [6, 6.07) is 5.49. The molecule has 26 heavy (non-hydrogen) atoms. The zero-order valence-electron chi connectivity index (χ0n) is 14.8. The second-order valence-corrected chi connectivity index (χ2v) is 7.68. The molecule has 0 bridgehead atoms. The minimum atomic E-state index is -0.115. The first-order chi connectivity index (χ1) is 12.5. The van der Waals surface area contributed by atoms with Crippen LogP contribution in [0, 0.1) is 6.92 Å². The first-order valence-corrected chi connectivity index (χ1v) is 9.29. The summed E-state index contributed by atoms with van der Waals surface area (Å²) in [6.07, 6.45) is 5.71. The number of piperidine rings is 1. The van der Waals surface area contributed by atoms with Gasteiger partial charge in [-0.25, -0.2) is 14.8 Å². The van der Waals surface area contributed by atoms with Crippen molar-refractivity contribution in [2.45, 2.75) is 38.0 Å². The summed E-state index contributed by atoms with van der Waals surface area (Å²) in [4.78, 5) is 23.4. The summed E-state index contributed by atoms with van der Waals surface area (Å²) in [5, 5.41) is 3.54. The fourth-order valence-electron chi connectivity index (χ4n) is 4.23. The van der Waals surface area contributed by atoms with Gasteiger partial charge in [-0.15, -0.1) is 0 Å². The van der Waals surface area contributed by atoms with E-state index in [0.29, 0.717) is 23.2 Å². The van der Waals surface area contributed by atoms with Gasteiger partial charge >= 0.3 is 6.03 Å². The van der Waals surface area contributed by atoms with Crippen molar-refractivity contribution in [2.75, 3.05) is 24.1 Å². The van der Waals surface area contributed by atoms with Crippen molar-refractivity contribution in [3.8, 4) is 0 Å². The van der Waals surface area contributed by atoms with Crippen LogP contribution in [0.2, 0.25) is 5.02 Å². The van der Waals surface area contributed by atoms with Crippen LogP contribution >= 0.6 is 11.6 Å². The van der Waals surface area contributed by atoms with Gasteiger partial charge in [-0.05, 0) is 49.8 Å². The molecule has 1 spiro atoms. The first kappa shape index (κ1) is 17.1. The van der Waals surface area contributed by atoms with E-state index in [2.05, 4.69) is 15.3 Å². The molecule has 1 aliphatic carbocycles. The van der Waals surface area contributed by atoms with Crippen LogP contribution in [0.25, 0.3) is 0 Å². The van der Waals surface area contributed by atoms with Crippen LogP contribution in [0.15, 0.2) is 24.4 Å². The van der Waals surface area contributed by atoms with Gasteiger partial charge in [0.2, 0.25) is 5.95 Å². The van der Waals surface area contributed by atoms with Gasteiger partial charge in [0.1, 0.15) is 0 Å². The van der Waals surface area contributed by atoms with E-state index in [0.717, 1.165) is 49.0 Å². The predicted octanol–water partition coefficient (Wildman–Crippen LogP) is 3.53. The fraction of sp³-hybridized carbons (Fsp3) is 0.421. The first-order valence-electron chi connectivity index (χ1n) is 8.91. The number of nitrogens with two attached hydrogens (primary N) is 1. The van der Waals surface area contributed by atoms with Gasteiger partial charge in [0.05, 0.1) is 16.4 Å². The van der Waals surface area contributed by atoms with E-state index in [1.807, 2.05) is 30.2 Å². The van der Waals surface area contributed by atoms with Gasteiger partial charge in [0.25, 0.3) is 0 Å². The number of benzene rings is 1. The summed E-state index contributed by atoms with van der Waals surface area (Å²) in [6.45, 7) is 3.31. The van der Waals surface area contributed by atoms with Crippen molar-refractivity contribution in [1.29, 1.82) is 0 Å². The van der Waals surface area contributed by atoms with Gasteiger partial charge in [-0.3, -0.25) is 0 Å². The van der Waals surface area contributed by atoms with Crippen LogP contribution in [0.5, 0.6) is 0 Å². The number of nitrogens with one attached hydrogen (secondary N) is 1. The highest BCUT2D eigenvalue weighted by Gasteiger charge is 2.44. The smallest absolute Gasteiger partial charge is 0.321 e. The average Bonchev–Trinajstić information content (AvgIpc) is 2.95. The Labute approximate surface area is 157 Å². The molecule has 1 aliphatic heterocycles. The van der Waals surface area contributed by atoms with Crippen molar-refractivity contribution < 1.29 is 4.79 Å². The molecule has 1 saturated heterocycles. The molecule has 7 heteroatoms. The minimum Gasteiger partial charge on any atom is -0.368 e. The van der Waals surface area contributed by atoms with Gasteiger partial charge in [-0.1, -0.05) is 23.7 Å². The van der Waals surface area contributed by atoms with E-state index in [9.17, 15) is 4.79 Å². The maximum atomic E-state index is 12.9. The Morgan fingerprint density at radius 1 is 1.38 bits per heavy atom. The quantitative estimate of drug-likeness (QED) is 0.803. The van der Waals surface area contributed by atoms with Crippen LogP contribution in [0.3, 0.4) is 0 Å². The Morgan fingerprint density at radius 2 is 2.23 bits per heavy atom. The lowest BCUT2D eigenvalue weighted by atomic mass is 9.77. The number of nitrogens with zero attached hydrogens (tertiary/aromatic N) is 3. The van der Waals surface area contributed by atoms with E-state index in [4.69, 9.17) is 17.3 Å². The Balaban J connectivity index is 1.57. The van der Waals surface area contributed by atoms with Crippen LogP contribution in [0.1, 0.15) is 36.1 Å². The third kappa shape index (κ3) is 2.88. The standard InChI is InChI=1S/C19H22ClN5O/c1-12-4-2-5-14(20)15(12)23-18(26)25-9-3-7-19(11-25)8-6-13-10-22-17(21)24-16(13)19/h2,4-5,10H,3,6-9,11H2,1H3,(H,23,26)(H2,21,22,24). The number of carbonyl (C=O) groups excluding carboxylic acids is 1. The third-order valence-electron chi connectivity index (χ3n) is 5.58. The fourth-order valence-corrected chi connectivity index (χ4v) is 4.50. The topological polar surface area (TPSA) is 84.1 Å². The summed E-state index contributed by atoms with van der Waals surface area (Å²) < 4.78 is 0. The second kappa shape index (κ2) is 6.43. The molecule has 1 aromatic carbocycles. The second-order valence-electron chi connectivity index (χ2n) is 7.27. The zero-order valence-corrected chi connectivity index (χ0v) is 15.5. The molecule has 0 saturated carbocycles. The van der Waals surface area contributed by atoms with Gasteiger partial charge in [0, 0.05) is 24.7 Å². The van der Waals surface area contributed by atoms with Crippen LogP contribution in [-0.2, 0) is 11.8 Å². The number of halogens is 1. The molecule has 1 fully saturated rings. The number of para-hydroxylation sites is 1. The molecule has 3 N–H and O–H groups in total. The average molecular weight is 372 g/mol. The zero-order chi connectivity index (χ0) is 18.3. The van der Waals surface area contributed by atoms with E-state index < -0.39 is 0 Å². The molecule has 1 aromatic heterocycles. The summed E-state index contributed by atoms with van der Waals surface area (Å²) in [7, 11) is 0. The van der Waals surface area contributed by atoms with Crippen molar-refractivity contribution >= 4 is 29.3 Å². The molecule has 136 valence electrons. The highest BCUT2D eigenvalue weighted by atomic mass is 35.5. The number of nitrogen functional groups attached to an aromatic ring is 1. The monoisotopic (exact) mass is 371 g/mol. The molecule has 2 aromatic rings. The lowest BCUT2D eigenvalue weighted by molar-refractivity contribution is 0.157. The van der Waals surface area contributed by atoms with E-state index in [1.165, 1.54) is 0 Å². The van der Waals surface area contributed by atoms with Crippen molar-refractivity contribution in [3.05, 3.63) is 46.2 Å². The lowest BCUT2D eigenvalue weighted by Crippen LogP contribution is -2.49. The number of carbonyl (C=O) groups is 1. The third-order valence-corrected chi connectivity index (χ3v) is 5.89. The number of likely N-dealkylation sites (tertiary alicyclic amines) is 1. The molecule has 1 atom stereocenters. The Bertz CT molecular complexity index is 847. The van der Waals surface area contributed by atoms with Gasteiger partial charge < -0.3 is 16.0 Å². The number of amides is 2. The normalized spacial score (nSPS) is 21.7. The van der Waals surface area contributed by atoms with Gasteiger partial charge in [0.15, 0.2) is 0 Å². The molecular weight excluding hydrogens is 350 g/mol. The maximum absolute atomic E-state index is 12.9. The molecule has 6 nitrogen and oxygen atoms in total. The Morgan fingerprint density at radius 3 is 3.04 bits per heavy atom. The summed E-state index contributed by atoms with van der Waals surface area (Å²) >= 11 is 6.25. The van der Waals surface area contributed by atoms with E-state index in [-0.39, 0.29) is 11.4 Å². The predicted molar refractivity (Wildman–Crippen MR) is 102 cm³/mol. The summed E-state index contributed by atoms with van der Waals surface area (Å²) in [5.41, 5.74) is 9.51. The molecule has 0 radical (unpaired) electrons. The molecular formula is C19H22ClN5O. The van der Waals surface area contributed by atoms with Crippen LogP contribution in [-0.4, -0.2) is 34.0 Å². The number of rotatable bonds is 1. The number of aryl methyl sites for hydroxylation is 2. The number of anilines is 2. The molecule has 1 unspecified atom stereocenters.